The highest BCUT2D eigenvalue weighted by Gasteiger charge is 2.21. The number of benzene rings is 1. The van der Waals surface area contributed by atoms with Crippen molar-refractivity contribution in [1.29, 1.82) is 0 Å². The van der Waals surface area contributed by atoms with E-state index in [0.29, 0.717) is 0 Å². The number of hydrogen-bond donors (Lipinski definition) is 2. The first-order chi connectivity index (χ1) is 14.1. The fourth-order valence-corrected chi connectivity index (χ4v) is 3.69. The van der Waals surface area contributed by atoms with Crippen LogP contribution >= 0.6 is 0 Å². The Morgan fingerprint density at radius 2 is 2.17 bits per heavy atom. The lowest BCUT2D eigenvalue weighted by molar-refractivity contribution is -0.0498. The van der Waals surface area contributed by atoms with Crippen molar-refractivity contribution in [3.8, 4) is 5.75 Å². The molecule has 0 radical (unpaired) electrons. The number of nitrogens with zero attached hydrogens (tertiary/aromatic N) is 2. The van der Waals surface area contributed by atoms with Crippen LogP contribution in [0.4, 0.5) is 14.5 Å². The zero-order chi connectivity index (χ0) is 20.5. The van der Waals surface area contributed by atoms with E-state index in [-0.39, 0.29) is 11.8 Å². The van der Waals surface area contributed by atoms with E-state index in [1.54, 1.807) is 19.2 Å². The summed E-state index contributed by atoms with van der Waals surface area (Å²) in [7, 11) is 1.78. The molecule has 2 aliphatic heterocycles. The van der Waals surface area contributed by atoms with Gasteiger partial charge < -0.3 is 25.0 Å². The van der Waals surface area contributed by atoms with Crippen molar-refractivity contribution in [2.75, 3.05) is 44.8 Å². The summed E-state index contributed by atoms with van der Waals surface area (Å²) in [6.45, 7) is 1.34. The lowest BCUT2D eigenvalue weighted by Crippen LogP contribution is -2.51. The summed E-state index contributed by atoms with van der Waals surface area (Å²) < 4.78 is 34.4. The molecule has 8 heteroatoms. The summed E-state index contributed by atoms with van der Waals surface area (Å²) in [4.78, 5) is 6.60. The maximum atomic E-state index is 12.3. The van der Waals surface area contributed by atoms with Crippen LogP contribution < -0.4 is 20.3 Å². The normalized spacial score (nSPS) is 20.4. The predicted molar refractivity (Wildman–Crippen MR) is 111 cm³/mol. The number of anilines is 1. The highest BCUT2D eigenvalue weighted by atomic mass is 19.3. The van der Waals surface area contributed by atoms with Crippen LogP contribution in [0.25, 0.3) is 0 Å². The van der Waals surface area contributed by atoms with Crippen LogP contribution in [0.15, 0.2) is 40.9 Å². The van der Waals surface area contributed by atoms with Gasteiger partial charge in [-0.05, 0) is 49.9 Å². The first kappa shape index (κ1) is 21.4. The van der Waals surface area contributed by atoms with Gasteiger partial charge >= 0.3 is 6.61 Å². The molecule has 2 aliphatic rings. The SMILES string of the molecule is CN=C(NCCC1=CCOCC1)NC1CCCN(c2ccc(OC(F)F)cc2)C1. The van der Waals surface area contributed by atoms with E-state index < -0.39 is 6.61 Å². The Hall–Kier alpha value is -2.35. The maximum absolute atomic E-state index is 12.3. The van der Waals surface area contributed by atoms with Gasteiger partial charge in [0, 0.05) is 38.4 Å². The second-order valence-electron chi connectivity index (χ2n) is 7.24. The lowest BCUT2D eigenvalue weighted by Gasteiger charge is -2.35. The maximum Gasteiger partial charge on any atom is 0.387 e. The Morgan fingerprint density at radius 1 is 1.34 bits per heavy atom. The highest BCUT2D eigenvalue weighted by molar-refractivity contribution is 5.80. The molecule has 1 atom stereocenters. The van der Waals surface area contributed by atoms with Gasteiger partial charge in [0.1, 0.15) is 5.75 Å². The number of rotatable bonds is 7. The fraction of sp³-hybridized carbons (Fsp3) is 0.571. The van der Waals surface area contributed by atoms with E-state index in [1.165, 1.54) is 5.57 Å². The minimum Gasteiger partial charge on any atom is -0.435 e. The summed E-state index contributed by atoms with van der Waals surface area (Å²) in [5, 5.41) is 6.91. The van der Waals surface area contributed by atoms with Crippen molar-refractivity contribution < 1.29 is 18.3 Å². The summed E-state index contributed by atoms with van der Waals surface area (Å²) >= 11 is 0. The molecule has 1 unspecified atom stereocenters. The van der Waals surface area contributed by atoms with Crippen LogP contribution in [0.1, 0.15) is 25.7 Å². The molecular weight excluding hydrogens is 378 g/mol. The molecule has 0 aliphatic carbocycles. The fourth-order valence-electron chi connectivity index (χ4n) is 3.69. The smallest absolute Gasteiger partial charge is 0.387 e. The second kappa shape index (κ2) is 11.0. The summed E-state index contributed by atoms with van der Waals surface area (Å²) in [5.74, 6) is 0.991. The average molecular weight is 408 g/mol. The standard InChI is InChI=1S/C21H30F2N4O2/c1-24-21(25-11-8-16-9-13-28-14-10-16)26-17-3-2-12-27(15-17)18-4-6-19(7-5-18)29-20(22)23/h4-7,9,17,20H,2-3,8,10-15H2,1H3,(H2,24,25,26). The Bertz CT molecular complexity index is 694. The predicted octanol–water partition coefficient (Wildman–Crippen LogP) is 3.16. The third kappa shape index (κ3) is 6.88. The number of guanidine groups is 1. The molecule has 3 rings (SSSR count). The van der Waals surface area contributed by atoms with E-state index in [2.05, 4.69) is 31.3 Å². The molecule has 0 aromatic heterocycles. The van der Waals surface area contributed by atoms with Gasteiger partial charge in [0.25, 0.3) is 0 Å². The van der Waals surface area contributed by atoms with Crippen molar-refractivity contribution >= 4 is 11.6 Å². The van der Waals surface area contributed by atoms with Crippen molar-refractivity contribution in [3.63, 3.8) is 0 Å². The average Bonchev–Trinajstić information content (AvgIpc) is 2.74. The van der Waals surface area contributed by atoms with Crippen LogP contribution in [0, 0.1) is 0 Å². The topological polar surface area (TPSA) is 58.1 Å². The van der Waals surface area contributed by atoms with Gasteiger partial charge in [-0.3, -0.25) is 4.99 Å². The Kier molecular flexibility index (Phi) is 8.10. The molecule has 2 heterocycles. The molecule has 1 saturated heterocycles. The van der Waals surface area contributed by atoms with Gasteiger partial charge in [-0.25, -0.2) is 0 Å². The molecular formula is C21H30F2N4O2. The Balaban J connectivity index is 1.47. The van der Waals surface area contributed by atoms with E-state index in [1.807, 2.05) is 12.1 Å². The number of alkyl halides is 2. The minimum absolute atomic E-state index is 0.180. The third-order valence-corrected chi connectivity index (χ3v) is 5.21. The largest absolute Gasteiger partial charge is 0.435 e. The summed E-state index contributed by atoms with van der Waals surface area (Å²) in [5.41, 5.74) is 2.44. The van der Waals surface area contributed by atoms with Crippen molar-refractivity contribution in [2.45, 2.75) is 38.3 Å². The molecule has 1 aromatic carbocycles. The zero-order valence-electron chi connectivity index (χ0n) is 16.9. The van der Waals surface area contributed by atoms with Crippen LogP contribution in [0.5, 0.6) is 5.75 Å². The van der Waals surface area contributed by atoms with Crippen LogP contribution in [0.2, 0.25) is 0 Å². The van der Waals surface area contributed by atoms with Crippen molar-refractivity contribution in [2.24, 2.45) is 4.99 Å². The second-order valence-corrected chi connectivity index (χ2v) is 7.24. The van der Waals surface area contributed by atoms with E-state index in [9.17, 15) is 8.78 Å². The van der Waals surface area contributed by atoms with Gasteiger partial charge in [0.2, 0.25) is 0 Å². The molecule has 0 bridgehead atoms. The molecule has 0 spiro atoms. The number of piperidine rings is 1. The summed E-state index contributed by atoms with van der Waals surface area (Å²) in [6, 6.07) is 7.10. The first-order valence-corrected chi connectivity index (χ1v) is 10.2. The van der Waals surface area contributed by atoms with E-state index in [4.69, 9.17) is 4.74 Å². The molecule has 1 fully saturated rings. The third-order valence-electron chi connectivity index (χ3n) is 5.21. The zero-order valence-corrected chi connectivity index (χ0v) is 16.9. The first-order valence-electron chi connectivity index (χ1n) is 10.2. The molecule has 29 heavy (non-hydrogen) atoms. The van der Waals surface area contributed by atoms with Crippen molar-refractivity contribution in [1.82, 2.24) is 10.6 Å². The number of nitrogens with one attached hydrogen (secondary N) is 2. The van der Waals surface area contributed by atoms with Gasteiger partial charge in [-0.1, -0.05) is 11.6 Å². The van der Waals surface area contributed by atoms with Crippen LogP contribution in [-0.2, 0) is 4.74 Å². The van der Waals surface area contributed by atoms with Gasteiger partial charge in [-0.15, -0.1) is 0 Å². The van der Waals surface area contributed by atoms with Crippen LogP contribution in [0.3, 0.4) is 0 Å². The van der Waals surface area contributed by atoms with Crippen LogP contribution in [-0.4, -0.2) is 58.5 Å². The number of halogens is 2. The Morgan fingerprint density at radius 3 is 2.86 bits per heavy atom. The molecule has 6 nitrogen and oxygen atoms in total. The molecule has 0 saturated carbocycles. The molecule has 0 amide bonds. The highest BCUT2D eigenvalue weighted by Crippen LogP contribution is 2.23. The minimum atomic E-state index is -2.80. The molecule has 1 aromatic rings. The van der Waals surface area contributed by atoms with Gasteiger partial charge in [0.15, 0.2) is 5.96 Å². The molecule has 2 N–H and O–H groups in total. The number of ether oxygens (including phenoxy) is 2. The van der Waals surface area contributed by atoms with Gasteiger partial charge in [0.05, 0.1) is 13.2 Å². The quantitative estimate of drug-likeness (QED) is 0.412. The molecule has 160 valence electrons. The van der Waals surface area contributed by atoms with E-state index in [0.717, 1.165) is 70.2 Å². The van der Waals surface area contributed by atoms with E-state index >= 15 is 0 Å². The number of hydrogen-bond acceptors (Lipinski definition) is 4. The monoisotopic (exact) mass is 408 g/mol. The summed E-state index contributed by atoms with van der Waals surface area (Å²) in [6.07, 6.45) is 6.28. The van der Waals surface area contributed by atoms with Crippen molar-refractivity contribution in [3.05, 3.63) is 35.9 Å². The number of aliphatic imine (C=N–C) groups is 1. The van der Waals surface area contributed by atoms with Gasteiger partial charge in [-0.2, -0.15) is 8.78 Å². The Labute approximate surface area is 171 Å². The lowest BCUT2D eigenvalue weighted by atomic mass is 10.0.